The zero-order valence-corrected chi connectivity index (χ0v) is 13.1. The molecule has 0 N–H and O–H groups in total. The van der Waals surface area contributed by atoms with E-state index in [1.807, 2.05) is 0 Å². The van der Waals surface area contributed by atoms with Gasteiger partial charge in [0.1, 0.15) is 0 Å². The van der Waals surface area contributed by atoms with Crippen LogP contribution in [0.15, 0.2) is 15.7 Å². The maximum Gasteiger partial charge on any atom is 0.261 e. The van der Waals surface area contributed by atoms with E-state index in [1.54, 1.807) is 14.0 Å². The Morgan fingerprint density at radius 3 is 2.81 bits per heavy atom. The van der Waals surface area contributed by atoms with Gasteiger partial charge in [-0.25, -0.2) is 8.42 Å². The van der Waals surface area contributed by atoms with Crippen molar-refractivity contribution in [3.8, 4) is 0 Å². The van der Waals surface area contributed by atoms with E-state index in [4.69, 9.17) is 16.1 Å². The van der Waals surface area contributed by atoms with Crippen LogP contribution in [0.2, 0.25) is 5.02 Å². The Kier molecular flexibility index (Phi) is 3.50. The molecule has 0 bridgehead atoms. The van der Waals surface area contributed by atoms with Crippen molar-refractivity contribution in [1.82, 2.24) is 24.2 Å². The summed E-state index contributed by atoms with van der Waals surface area (Å²) < 4.78 is 33.0. The van der Waals surface area contributed by atoms with E-state index < -0.39 is 10.0 Å². The van der Waals surface area contributed by atoms with Crippen molar-refractivity contribution >= 4 is 21.6 Å². The Hall–Kier alpha value is -1.45. The van der Waals surface area contributed by atoms with Crippen molar-refractivity contribution in [2.24, 2.45) is 7.05 Å². The summed E-state index contributed by atoms with van der Waals surface area (Å²) in [5.41, 5.74) is 0. The second-order valence-electron chi connectivity index (χ2n) is 4.95. The molecule has 2 aromatic heterocycles. The molecule has 1 saturated heterocycles. The van der Waals surface area contributed by atoms with Crippen LogP contribution in [0.4, 0.5) is 0 Å². The van der Waals surface area contributed by atoms with E-state index in [-0.39, 0.29) is 16.0 Å². The highest BCUT2D eigenvalue weighted by Gasteiger charge is 2.38. The number of rotatable bonds is 3. The number of halogens is 1. The van der Waals surface area contributed by atoms with Gasteiger partial charge in [-0.15, -0.1) is 0 Å². The number of aromatic nitrogens is 4. The molecule has 21 heavy (non-hydrogen) atoms. The fraction of sp³-hybridized carbons (Fsp3) is 0.545. The molecule has 0 aliphatic carbocycles. The molecule has 0 saturated carbocycles. The number of hydrogen-bond donors (Lipinski definition) is 0. The molecule has 0 amide bonds. The lowest BCUT2D eigenvalue weighted by atomic mass is 10.1. The van der Waals surface area contributed by atoms with E-state index in [2.05, 4.69) is 15.2 Å². The van der Waals surface area contributed by atoms with Crippen LogP contribution in [0.25, 0.3) is 0 Å². The van der Waals surface area contributed by atoms with E-state index in [0.29, 0.717) is 31.2 Å². The van der Waals surface area contributed by atoms with Gasteiger partial charge in [0.15, 0.2) is 10.9 Å². The molecule has 0 unspecified atom stereocenters. The highest BCUT2D eigenvalue weighted by Crippen LogP contribution is 2.32. The number of sulfonamides is 1. The molecule has 1 atom stereocenters. The van der Waals surface area contributed by atoms with Crippen LogP contribution in [0, 0.1) is 6.92 Å². The third-order valence-corrected chi connectivity index (χ3v) is 5.84. The van der Waals surface area contributed by atoms with E-state index >= 15 is 0 Å². The van der Waals surface area contributed by atoms with Crippen molar-refractivity contribution in [2.45, 2.75) is 24.3 Å². The summed E-state index contributed by atoms with van der Waals surface area (Å²) in [6.45, 7) is 2.41. The summed E-state index contributed by atoms with van der Waals surface area (Å²) in [7, 11) is -2.13. The summed E-state index contributed by atoms with van der Waals surface area (Å²) in [5, 5.41) is 7.74. The molecule has 0 radical (unpaired) electrons. The zero-order chi connectivity index (χ0) is 15.2. The fourth-order valence-electron chi connectivity index (χ4n) is 2.44. The average Bonchev–Trinajstić information content (AvgIpc) is 3.09. The van der Waals surface area contributed by atoms with E-state index in [1.165, 1.54) is 15.2 Å². The third-order valence-electron chi connectivity index (χ3n) is 3.47. The fourth-order valence-corrected chi connectivity index (χ4v) is 4.54. The van der Waals surface area contributed by atoms with Gasteiger partial charge >= 0.3 is 0 Å². The Morgan fingerprint density at radius 1 is 1.48 bits per heavy atom. The van der Waals surface area contributed by atoms with Crippen molar-refractivity contribution in [3.05, 3.63) is 22.9 Å². The van der Waals surface area contributed by atoms with Crippen molar-refractivity contribution in [2.75, 3.05) is 13.1 Å². The summed E-state index contributed by atoms with van der Waals surface area (Å²) >= 11 is 5.93. The average molecular weight is 332 g/mol. The first-order chi connectivity index (χ1) is 9.89. The Morgan fingerprint density at radius 2 is 2.24 bits per heavy atom. The Labute approximate surface area is 126 Å². The zero-order valence-electron chi connectivity index (χ0n) is 11.5. The van der Waals surface area contributed by atoms with Gasteiger partial charge in [-0.1, -0.05) is 16.8 Å². The van der Waals surface area contributed by atoms with Crippen molar-refractivity contribution in [3.63, 3.8) is 0 Å². The molecule has 1 fully saturated rings. The highest BCUT2D eigenvalue weighted by atomic mass is 35.5. The molecule has 0 aromatic carbocycles. The van der Waals surface area contributed by atoms with E-state index in [9.17, 15) is 8.42 Å². The monoisotopic (exact) mass is 331 g/mol. The maximum absolute atomic E-state index is 12.6. The van der Waals surface area contributed by atoms with Crippen LogP contribution in [-0.2, 0) is 17.1 Å². The Balaban J connectivity index is 1.86. The molecule has 0 spiro atoms. The molecule has 2 aromatic rings. The maximum atomic E-state index is 12.6. The first kappa shape index (κ1) is 14.5. The number of nitrogens with zero attached hydrogens (tertiary/aromatic N) is 5. The second kappa shape index (κ2) is 5.08. The molecule has 10 heteroatoms. The third kappa shape index (κ3) is 2.45. The first-order valence-corrected chi connectivity index (χ1v) is 8.19. The smallest absolute Gasteiger partial charge is 0.261 e. The number of aryl methyl sites for hydroxylation is 2. The standard InChI is InChI=1S/C11H14ClN5O3S/c1-7-14-10(20-15-7)8-3-4-17(6-8)21(18,19)11-9(12)5-13-16(11)2/h5,8H,3-4,6H2,1-2H3/t8-/m1/s1. The van der Waals surface area contributed by atoms with Crippen LogP contribution in [0.3, 0.4) is 0 Å². The summed E-state index contributed by atoms with van der Waals surface area (Å²) in [5.74, 6) is 0.926. The topological polar surface area (TPSA) is 94.1 Å². The summed E-state index contributed by atoms with van der Waals surface area (Å²) in [6.07, 6.45) is 1.96. The lowest BCUT2D eigenvalue weighted by Gasteiger charge is -2.16. The van der Waals surface area contributed by atoms with Crippen LogP contribution in [0.1, 0.15) is 24.1 Å². The Bertz CT molecular complexity index is 749. The number of hydrogen-bond acceptors (Lipinski definition) is 6. The van der Waals surface area contributed by atoms with Gasteiger partial charge in [0.05, 0.1) is 17.1 Å². The first-order valence-electron chi connectivity index (χ1n) is 6.37. The predicted octanol–water partition coefficient (Wildman–Crippen LogP) is 0.943. The quantitative estimate of drug-likeness (QED) is 0.831. The largest absolute Gasteiger partial charge is 0.339 e. The molecule has 3 heterocycles. The molecule has 8 nitrogen and oxygen atoms in total. The second-order valence-corrected chi connectivity index (χ2v) is 7.21. The predicted molar refractivity (Wildman–Crippen MR) is 73.4 cm³/mol. The molecular formula is C11H14ClN5O3S. The van der Waals surface area contributed by atoms with Crippen molar-refractivity contribution in [1.29, 1.82) is 0 Å². The van der Waals surface area contributed by atoms with Gasteiger partial charge in [-0.05, 0) is 13.3 Å². The van der Waals surface area contributed by atoms with Gasteiger partial charge < -0.3 is 4.52 Å². The summed E-state index contributed by atoms with van der Waals surface area (Å²) in [6, 6.07) is 0. The van der Waals surface area contributed by atoms with Gasteiger partial charge in [0, 0.05) is 20.1 Å². The normalized spacial score (nSPS) is 20.2. The van der Waals surface area contributed by atoms with Gasteiger partial charge in [-0.2, -0.15) is 14.4 Å². The van der Waals surface area contributed by atoms with Gasteiger partial charge in [0.2, 0.25) is 5.89 Å². The van der Waals surface area contributed by atoms with Gasteiger partial charge in [0.25, 0.3) is 10.0 Å². The molecule has 114 valence electrons. The minimum absolute atomic E-state index is 0.00604. The van der Waals surface area contributed by atoms with Crippen LogP contribution in [-0.4, -0.2) is 45.7 Å². The minimum atomic E-state index is -3.68. The molecular weight excluding hydrogens is 318 g/mol. The molecule has 3 rings (SSSR count). The minimum Gasteiger partial charge on any atom is -0.339 e. The van der Waals surface area contributed by atoms with E-state index in [0.717, 1.165) is 0 Å². The van der Waals surface area contributed by atoms with Gasteiger partial charge in [-0.3, -0.25) is 4.68 Å². The van der Waals surface area contributed by atoms with Crippen LogP contribution < -0.4 is 0 Å². The van der Waals surface area contributed by atoms with Crippen LogP contribution in [0.5, 0.6) is 0 Å². The van der Waals surface area contributed by atoms with Crippen LogP contribution >= 0.6 is 11.6 Å². The molecule has 1 aliphatic rings. The highest BCUT2D eigenvalue weighted by molar-refractivity contribution is 7.89. The lowest BCUT2D eigenvalue weighted by molar-refractivity contribution is 0.351. The summed E-state index contributed by atoms with van der Waals surface area (Å²) in [4.78, 5) is 4.16. The van der Waals surface area contributed by atoms with Crippen molar-refractivity contribution < 1.29 is 12.9 Å². The molecule has 1 aliphatic heterocycles. The SMILES string of the molecule is Cc1noc([C@@H]2CCN(S(=O)(=O)c3c(Cl)cnn3C)C2)n1. The lowest BCUT2D eigenvalue weighted by Crippen LogP contribution is -2.30.